The molecule has 0 unspecified atom stereocenters. The van der Waals surface area contributed by atoms with Crippen LogP contribution in [0.2, 0.25) is 0 Å². The maximum Gasteiger partial charge on any atom is 0.207 e. The van der Waals surface area contributed by atoms with Crippen molar-refractivity contribution in [2.75, 3.05) is 5.32 Å². The zero-order valence-corrected chi connectivity index (χ0v) is 9.03. The first kappa shape index (κ1) is 10.3. The average Bonchev–Trinajstić information content (AvgIpc) is 2.99. The Morgan fingerprint density at radius 2 is 1.88 bits per heavy atom. The van der Waals surface area contributed by atoms with Gasteiger partial charge >= 0.3 is 0 Å². The summed E-state index contributed by atoms with van der Waals surface area (Å²) < 4.78 is 28.0. The second kappa shape index (κ2) is 3.84. The number of hydrogen-bond acceptors (Lipinski definition) is 2. The highest BCUT2D eigenvalue weighted by Gasteiger charge is 2.25. The topological polar surface area (TPSA) is 29.9 Å². The van der Waals surface area contributed by atoms with E-state index in [0.717, 1.165) is 18.9 Å². The fourth-order valence-electron chi connectivity index (χ4n) is 1.81. The summed E-state index contributed by atoms with van der Waals surface area (Å²) in [6.07, 6.45) is 5.80. The number of aromatic nitrogens is 2. The van der Waals surface area contributed by atoms with Crippen molar-refractivity contribution in [2.45, 2.75) is 18.9 Å². The molecule has 3 nitrogen and oxygen atoms in total. The monoisotopic (exact) mass is 235 g/mol. The summed E-state index contributed by atoms with van der Waals surface area (Å²) in [4.78, 5) is 4.14. The maximum absolute atomic E-state index is 13.0. The molecular formula is C12H11F2N3. The molecule has 1 heterocycles. The molecule has 1 aliphatic carbocycles. The summed E-state index contributed by atoms with van der Waals surface area (Å²) in [6.45, 7) is 0. The summed E-state index contributed by atoms with van der Waals surface area (Å²) >= 11 is 0. The van der Waals surface area contributed by atoms with Gasteiger partial charge < -0.3 is 9.88 Å². The van der Waals surface area contributed by atoms with Crippen LogP contribution in [0.1, 0.15) is 18.9 Å². The molecular weight excluding hydrogens is 224 g/mol. The van der Waals surface area contributed by atoms with Crippen LogP contribution in [0.5, 0.6) is 0 Å². The number of nitrogens with zero attached hydrogens (tertiary/aromatic N) is 2. The van der Waals surface area contributed by atoms with Gasteiger partial charge in [0.1, 0.15) is 11.6 Å². The Morgan fingerprint density at radius 1 is 1.18 bits per heavy atom. The van der Waals surface area contributed by atoms with E-state index in [9.17, 15) is 8.78 Å². The van der Waals surface area contributed by atoms with E-state index in [-0.39, 0.29) is 0 Å². The molecule has 1 aromatic heterocycles. The molecule has 5 heteroatoms. The van der Waals surface area contributed by atoms with Gasteiger partial charge in [-0.2, -0.15) is 0 Å². The minimum absolute atomic E-state index is 0.371. The minimum atomic E-state index is -0.600. The van der Waals surface area contributed by atoms with Crippen molar-refractivity contribution in [1.29, 1.82) is 0 Å². The standard InChI is InChI=1S/C12H11F2N3/c13-8-5-9(14)7-10(6-8)16-12-15-3-4-17(12)11-1-2-11/h3-7,11H,1-2H2,(H,15,16). The van der Waals surface area contributed by atoms with E-state index in [1.54, 1.807) is 6.20 Å². The van der Waals surface area contributed by atoms with Crippen LogP contribution >= 0.6 is 0 Å². The van der Waals surface area contributed by atoms with E-state index in [1.807, 2.05) is 10.8 Å². The van der Waals surface area contributed by atoms with Crippen molar-refractivity contribution in [2.24, 2.45) is 0 Å². The Labute approximate surface area is 97.1 Å². The third-order valence-electron chi connectivity index (χ3n) is 2.73. The van der Waals surface area contributed by atoms with Crippen LogP contribution in [0.4, 0.5) is 20.4 Å². The van der Waals surface area contributed by atoms with Gasteiger partial charge in [-0.15, -0.1) is 0 Å². The lowest BCUT2D eigenvalue weighted by atomic mass is 10.3. The molecule has 0 saturated heterocycles. The van der Waals surface area contributed by atoms with Gasteiger partial charge in [0.05, 0.1) is 0 Å². The molecule has 0 atom stereocenters. The molecule has 0 bridgehead atoms. The largest absolute Gasteiger partial charge is 0.325 e. The van der Waals surface area contributed by atoms with Crippen molar-refractivity contribution >= 4 is 11.6 Å². The normalized spacial score (nSPS) is 14.9. The Kier molecular flexibility index (Phi) is 2.31. The number of nitrogens with one attached hydrogen (secondary N) is 1. The first-order valence-electron chi connectivity index (χ1n) is 5.48. The molecule has 1 N–H and O–H groups in total. The third-order valence-corrected chi connectivity index (χ3v) is 2.73. The van der Waals surface area contributed by atoms with E-state index in [2.05, 4.69) is 10.3 Å². The SMILES string of the molecule is Fc1cc(F)cc(Nc2nccn2C2CC2)c1. The second-order valence-corrected chi connectivity index (χ2v) is 4.17. The molecule has 3 rings (SSSR count). The van der Waals surface area contributed by atoms with Gasteiger partial charge in [-0.25, -0.2) is 13.8 Å². The van der Waals surface area contributed by atoms with Gasteiger partial charge in [-0.3, -0.25) is 0 Å². The van der Waals surface area contributed by atoms with Gasteiger partial charge in [-0.1, -0.05) is 0 Å². The van der Waals surface area contributed by atoms with Crippen molar-refractivity contribution < 1.29 is 8.78 Å². The summed E-state index contributed by atoms with van der Waals surface area (Å²) in [5, 5.41) is 2.93. The zero-order chi connectivity index (χ0) is 11.8. The number of benzene rings is 1. The zero-order valence-electron chi connectivity index (χ0n) is 9.03. The number of halogens is 2. The highest BCUT2D eigenvalue weighted by Crippen LogP contribution is 2.37. The first-order valence-corrected chi connectivity index (χ1v) is 5.48. The minimum Gasteiger partial charge on any atom is -0.325 e. The van der Waals surface area contributed by atoms with Crippen LogP contribution in [0.25, 0.3) is 0 Å². The number of hydrogen-bond donors (Lipinski definition) is 1. The van der Waals surface area contributed by atoms with Gasteiger partial charge in [0.15, 0.2) is 0 Å². The molecule has 0 radical (unpaired) electrons. The molecule has 0 aliphatic heterocycles. The predicted molar refractivity (Wildman–Crippen MR) is 60.1 cm³/mol. The molecule has 1 fully saturated rings. The molecule has 1 aliphatic rings. The third kappa shape index (κ3) is 2.13. The van der Waals surface area contributed by atoms with Crippen LogP contribution in [0.3, 0.4) is 0 Å². The number of anilines is 2. The van der Waals surface area contributed by atoms with Gasteiger partial charge in [0, 0.05) is 30.2 Å². The summed E-state index contributed by atoms with van der Waals surface area (Å²) in [5.74, 6) is -0.577. The fourth-order valence-corrected chi connectivity index (χ4v) is 1.81. The molecule has 1 aromatic carbocycles. The van der Waals surface area contributed by atoms with Crippen molar-refractivity contribution in [3.05, 3.63) is 42.2 Å². The van der Waals surface area contributed by atoms with E-state index in [0.29, 0.717) is 17.7 Å². The average molecular weight is 235 g/mol. The van der Waals surface area contributed by atoms with Gasteiger partial charge in [0.25, 0.3) is 0 Å². The molecule has 0 spiro atoms. The summed E-state index contributed by atoms with van der Waals surface area (Å²) in [5.41, 5.74) is 0.371. The second-order valence-electron chi connectivity index (χ2n) is 4.17. The fraction of sp³-hybridized carbons (Fsp3) is 0.250. The van der Waals surface area contributed by atoms with Gasteiger partial charge in [0.2, 0.25) is 5.95 Å². The van der Waals surface area contributed by atoms with Crippen molar-refractivity contribution in [3.8, 4) is 0 Å². The quantitative estimate of drug-likeness (QED) is 0.885. The predicted octanol–water partition coefficient (Wildman–Crippen LogP) is 3.24. The van der Waals surface area contributed by atoms with Crippen LogP contribution in [0.15, 0.2) is 30.6 Å². The summed E-state index contributed by atoms with van der Waals surface area (Å²) in [6, 6.07) is 3.81. The number of imidazole rings is 1. The highest BCUT2D eigenvalue weighted by atomic mass is 19.1. The number of rotatable bonds is 3. The lowest BCUT2D eigenvalue weighted by molar-refractivity contribution is 0.584. The lowest BCUT2D eigenvalue weighted by Gasteiger charge is -2.08. The summed E-state index contributed by atoms with van der Waals surface area (Å²) in [7, 11) is 0. The Hall–Kier alpha value is -1.91. The van der Waals surface area contributed by atoms with E-state index in [4.69, 9.17) is 0 Å². The maximum atomic E-state index is 13.0. The Morgan fingerprint density at radius 3 is 2.53 bits per heavy atom. The van der Waals surface area contributed by atoms with E-state index >= 15 is 0 Å². The molecule has 17 heavy (non-hydrogen) atoms. The lowest BCUT2D eigenvalue weighted by Crippen LogP contribution is -2.01. The molecule has 1 saturated carbocycles. The molecule has 88 valence electrons. The molecule has 2 aromatic rings. The molecule has 0 amide bonds. The van der Waals surface area contributed by atoms with Crippen LogP contribution in [0, 0.1) is 11.6 Å². The first-order chi connectivity index (χ1) is 8.22. The van der Waals surface area contributed by atoms with Gasteiger partial charge in [-0.05, 0) is 25.0 Å². The highest BCUT2D eigenvalue weighted by molar-refractivity contribution is 5.53. The Balaban J connectivity index is 1.88. The van der Waals surface area contributed by atoms with Crippen LogP contribution in [-0.4, -0.2) is 9.55 Å². The van der Waals surface area contributed by atoms with Crippen LogP contribution < -0.4 is 5.32 Å². The van der Waals surface area contributed by atoms with Crippen LogP contribution in [-0.2, 0) is 0 Å². The Bertz CT molecular complexity index is 526. The van der Waals surface area contributed by atoms with Crippen molar-refractivity contribution in [3.63, 3.8) is 0 Å². The smallest absolute Gasteiger partial charge is 0.207 e. The van der Waals surface area contributed by atoms with E-state index in [1.165, 1.54) is 12.1 Å². The van der Waals surface area contributed by atoms with Crippen molar-refractivity contribution in [1.82, 2.24) is 9.55 Å². The van der Waals surface area contributed by atoms with E-state index < -0.39 is 11.6 Å².